The van der Waals surface area contributed by atoms with Gasteiger partial charge in [-0.3, -0.25) is 4.79 Å². The topological polar surface area (TPSA) is 83.8 Å². The first-order valence-corrected chi connectivity index (χ1v) is 12.6. The van der Waals surface area contributed by atoms with E-state index in [0.717, 1.165) is 22.0 Å². The zero-order valence-electron chi connectivity index (χ0n) is 18.4. The molecule has 7 nitrogen and oxygen atoms in total. The quantitative estimate of drug-likeness (QED) is 0.425. The Morgan fingerprint density at radius 3 is 2.73 bits per heavy atom. The number of aromatic nitrogens is 1. The second kappa shape index (κ2) is 9.84. The van der Waals surface area contributed by atoms with Gasteiger partial charge in [0.25, 0.3) is 0 Å². The van der Waals surface area contributed by atoms with Gasteiger partial charge in [-0.1, -0.05) is 30.3 Å². The van der Waals surface area contributed by atoms with Crippen molar-refractivity contribution in [3.8, 4) is 0 Å². The zero-order valence-corrected chi connectivity index (χ0v) is 19.3. The summed E-state index contributed by atoms with van der Waals surface area (Å²) < 4.78 is 41.0. The first-order valence-electron chi connectivity index (χ1n) is 11.0. The number of nitrogens with zero attached hydrogens (tertiary/aromatic N) is 3. The van der Waals surface area contributed by atoms with Crippen molar-refractivity contribution in [3.63, 3.8) is 0 Å². The number of benzene rings is 2. The third-order valence-electron chi connectivity index (χ3n) is 5.98. The van der Waals surface area contributed by atoms with Gasteiger partial charge in [0.05, 0.1) is 17.9 Å². The fourth-order valence-corrected chi connectivity index (χ4v) is 5.32. The Balaban J connectivity index is 1.47. The molecule has 1 aromatic heterocycles. The minimum atomic E-state index is -3.31. The van der Waals surface area contributed by atoms with E-state index in [-0.39, 0.29) is 24.0 Å². The lowest BCUT2D eigenvalue weighted by atomic mass is 9.99. The first kappa shape index (κ1) is 23.1. The molecule has 1 saturated heterocycles. The monoisotopic (exact) mass is 470 g/mol. The number of carbonyl (C=O) groups is 1. The van der Waals surface area contributed by atoms with Crippen LogP contribution < -0.4 is 5.43 Å². The zero-order chi connectivity index (χ0) is 23.4. The molecule has 174 valence electrons. The van der Waals surface area contributed by atoms with Gasteiger partial charge >= 0.3 is 0 Å². The molecular formula is C24H27FN4O3S. The minimum Gasteiger partial charge on any atom is -0.342 e. The molecule has 9 heteroatoms. The molecule has 4 rings (SSSR count). The van der Waals surface area contributed by atoms with Crippen LogP contribution in [0.2, 0.25) is 0 Å². The number of rotatable bonds is 7. The molecule has 1 aliphatic rings. The van der Waals surface area contributed by atoms with Crippen molar-refractivity contribution >= 4 is 33.0 Å². The maximum absolute atomic E-state index is 13.2. The molecule has 0 radical (unpaired) electrons. The van der Waals surface area contributed by atoms with Crippen molar-refractivity contribution in [3.05, 3.63) is 71.7 Å². The predicted octanol–water partition coefficient (Wildman–Crippen LogP) is 3.34. The van der Waals surface area contributed by atoms with Gasteiger partial charge in [0.1, 0.15) is 5.82 Å². The molecule has 1 amide bonds. The molecular weight excluding hydrogens is 443 g/mol. The number of hydrogen-bond acceptors (Lipinski definition) is 4. The third kappa shape index (κ3) is 5.31. The van der Waals surface area contributed by atoms with E-state index in [1.54, 1.807) is 25.3 Å². The maximum atomic E-state index is 13.2. The van der Waals surface area contributed by atoms with Crippen molar-refractivity contribution in [2.24, 2.45) is 11.0 Å². The molecule has 3 aromatic rings. The fourth-order valence-electron chi connectivity index (χ4n) is 4.14. The fraction of sp³-hybridized carbons (Fsp3) is 0.333. The summed E-state index contributed by atoms with van der Waals surface area (Å²) in [6.45, 7) is 2.83. The second-order valence-electron chi connectivity index (χ2n) is 8.19. The molecule has 1 unspecified atom stereocenters. The Hall–Kier alpha value is -3.04. The summed E-state index contributed by atoms with van der Waals surface area (Å²) in [6.07, 6.45) is 4.83. The van der Waals surface area contributed by atoms with E-state index < -0.39 is 15.9 Å². The number of hydrogen-bond donors (Lipinski definition) is 1. The number of fused-ring (bicyclic) bond motifs is 1. The van der Waals surface area contributed by atoms with Gasteiger partial charge in [0.2, 0.25) is 15.9 Å². The summed E-state index contributed by atoms with van der Waals surface area (Å²) in [4.78, 5) is 12.6. The highest BCUT2D eigenvalue weighted by atomic mass is 32.2. The van der Waals surface area contributed by atoms with Crippen molar-refractivity contribution in [1.82, 2.24) is 14.3 Å². The molecule has 0 bridgehead atoms. The Labute approximate surface area is 192 Å². The molecule has 0 aliphatic carbocycles. The number of para-hydroxylation sites is 1. The van der Waals surface area contributed by atoms with Gasteiger partial charge in [-0.15, -0.1) is 0 Å². The van der Waals surface area contributed by atoms with Crippen LogP contribution in [0.5, 0.6) is 0 Å². The van der Waals surface area contributed by atoms with Crippen LogP contribution in [0.15, 0.2) is 59.8 Å². The SMILES string of the molecule is CCS(=O)(=O)N1CCCC(C(=O)N/N=C/c2cn(Cc3ccc(F)cc3)c3ccccc23)C1. The lowest BCUT2D eigenvalue weighted by Crippen LogP contribution is -2.45. The van der Waals surface area contributed by atoms with Crippen LogP contribution in [0.1, 0.15) is 30.9 Å². The molecule has 2 aromatic carbocycles. The number of hydrazone groups is 1. The van der Waals surface area contributed by atoms with Crippen LogP contribution in [0, 0.1) is 11.7 Å². The van der Waals surface area contributed by atoms with E-state index >= 15 is 0 Å². The van der Waals surface area contributed by atoms with E-state index in [2.05, 4.69) is 15.1 Å². The maximum Gasteiger partial charge on any atom is 0.244 e. The molecule has 0 saturated carbocycles. The smallest absolute Gasteiger partial charge is 0.244 e. The van der Waals surface area contributed by atoms with Gasteiger partial charge in [-0.05, 0) is 43.5 Å². The number of nitrogens with one attached hydrogen (secondary N) is 1. The molecule has 1 fully saturated rings. The van der Waals surface area contributed by atoms with E-state index in [4.69, 9.17) is 0 Å². The largest absolute Gasteiger partial charge is 0.342 e. The third-order valence-corrected chi connectivity index (χ3v) is 7.83. The summed E-state index contributed by atoms with van der Waals surface area (Å²) >= 11 is 0. The lowest BCUT2D eigenvalue weighted by molar-refractivity contribution is -0.126. The van der Waals surface area contributed by atoms with Crippen LogP contribution >= 0.6 is 0 Å². The van der Waals surface area contributed by atoms with Crippen molar-refractivity contribution in [2.45, 2.75) is 26.3 Å². The predicted molar refractivity (Wildman–Crippen MR) is 127 cm³/mol. The highest BCUT2D eigenvalue weighted by molar-refractivity contribution is 7.89. The Morgan fingerprint density at radius 1 is 1.21 bits per heavy atom. The van der Waals surface area contributed by atoms with Crippen molar-refractivity contribution in [1.29, 1.82) is 0 Å². The Bertz CT molecular complexity index is 1270. The molecule has 2 heterocycles. The Morgan fingerprint density at radius 2 is 1.97 bits per heavy atom. The summed E-state index contributed by atoms with van der Waals surface area (Å²) in [5.41, 5.74) is 5.39. The van der Waals surface area contributed by atoms with Crippen LogP contribution in [0.25, 0.3) is 10.9 Å². The van der Waals surface area contributed by atoms with Crippen LogP contribution in [0.4, 0.5) is 4.39 Å². The standard InChI is InChI=1S/C24H27FN4O3S/c1-2-33(31,32)29-13-5-6-19(17-29)24(30)27-26-14-20-16-28(23-8-4-3-7-22(20)23)15-18-9-11-21(25)12-10-18/h3-4,7-12,14,16,19H,2,5-6,13,15,17H2,1H3,(H,27,30)/b26-14+. The number of amides is 1. The van der Waals surface area contributed by atoms with Crippen LogP contribution in [-0.4, -0.2) is 48.3 Å². The number of piperidine rings is 1. The summed E-state index contributed by atoms with van der Waals surface area (Å²) in [5, 5.41) is 5.13. The van der Waals surface area contributed by atoms with E-state index in [1.807, 2.05) is 30.5 Å². The molecule has 0 spiro atoms. The Kier molecular flexibility index (Phi) is 6.90. The van der Waals surface area contributed by atoms with E-state index in [0.29, 0.717) is 25.9 Å². The molecule has 1 aliphatic heterocycles. The summed E-state index contributed by atoms with van der Waals surface area (Å²) in [7, 11) is -3.31. The number of halogens is 1. The molecule has 33 heavy (non-hydrogen) atoms. The van der Waals surface area contributed by atoms with Gasteiger partial charge in [-0.25, -0.2) is 22.5 Å². The highest BCUT2D eigenvalue weighted by Crippen LogP contribution is 2.22. The van der Waals surface area contributed by atoms with E-state index in [1.165, 1.54) is 16.4 Å². The van der Waals surface area contributed by atoms with Crippen LogP contribution in [-0.2, 0) is 21.4 Å². The average molecular weight is 471 g/mol. The van der Waals surface area contributed by atoms with Gasteiger partial charge in [0, 0.05) is 42.3 Å². The summed E-state index contributed by atoms with van der Waals surface area (Å²) in [5.74, 6) is -0.941. The first-order chi connectivity index (χ1) is 15.9. The lowest BCUT2D eigenvalue weighted by Gasteiger charge is -2.30. The van der Waals surface area contributed by atoms with Crippen molar-refractivity contribution < 1.29 is 17.6 Å². The minimum absolute atomic E-state index is 0.0292. The second-order valence-corrected chi connectivity index (χ2v) is 10.4. The molecule has 1 N–H and O–H groups in total. The number of carbonyl (C=O) groups excluding carboxylic acids is 1. The van der Waals surface area contributed by atoms with Gasteiger partial charge < -0.3 is 4.57 Å². The number of sulfonamides is 1. The van der Waals surface area contributed by atoms with Crippen molar-refractivity contribution in [2.75, 3.05) is 18.8 Å². The normalized spacial score (nSPS) is 17.6. The van der Waals surface area contributed by atoms with Crippen LogP contribution in [0.3, 0.4) is 0 Å². The summed E-state index contributed by atoms with van der Waals surface area (Å²) in [6, 6.07) is 14.3. The van der Waals surface area contributed by atoms with E-state index in [9.17, 15) is 17.6 Å². The average Bonchev–Trinajstić information content (AvgIpc) is 3.18. The highest BCUT2D eigenvalue weighted by Gasteiger charge is 2.31. The van der Waals surface area contributed by atoms with Gasteiger partial charge in [0.15, 0.2) is 0 Å². The molecule has 1 atom stereocenters. The van der Waals surface area contributed by atoms with Gasteiger partial charge in [-0.2, -0.15) is 5.10 Å².